The van der Waals surface area contributed by atoms with E-state index in [0.717, 1.165) is 28.7 Å². The minimum Gasteiger partial charge on any atom is -0.493 e. The lowest BCUT2D eigenvalue weighted by atomic mass is 9.71. The van der Waals surface area contributed by atoms with Crippen LogP contribution in [0.5, 0.6) is 5.75 Å². The summed E-state index contributed by atoms with van der Waals surface area (Å²) in [6.07, 6.45) is 3.87. The lowest BCUT2D eigenvalue weighted by molar-refractivity contribution is -0.120. The van der Waals surface area contributed by atoms with Crippen LogP contribution in [0.25, 0.3) is 16.1 Å². The summed E-state index contributed by atoms with van der Waals surface area (Å²) in [7, 11) is 1.62. The average molecular weight is 1210 g/mol. The Labute approximate surface area is 512 Å². The van der Waals surface area contributed by atoms with Crippen molar-refractivity contribution in [2.75, 3.05) is 90.0 Å². The molecule has 10 rings (SSSR count). The molecule has 2 N–H and O–H groups in total. The van der Waals surface area contributed by atoms with Gasteiger partial charge >= 0.3 is 11.8 Å². The van der Waals surface area contributed by atoms with Crippen LogP contribution in [-0.4, -0.2) is 142 Å². The van der Waals surface area contributed by atoms with Gasteiger partial charge in [-0.1, -0.05) is 80.9 Å². The number of fused-ring (bicyclic) bond motifs is 9. The van der Waals surface area contributed by atoms with E-state index in [9.17, 15) is 9.59 Å². The Kier molecular flexibility index (Phi) is 18.5. The monoisotopic (exact) mass is 1210 g/mol. The molecule has 2 fully saturated rings. The summed E-state index contributed by atoms with van der Waals surface area (Å²) in [5.74, 6) is 0.966. The second-order valence-corrected chi connectivity index (χ2v) is 24.7. The Morgan fingerprint density at radius 3 is 2.26 bits per heavy atom. The molecule has 2 saturated heterocycles. The molecular weight excluding hydrogens is 1130 g/mol. The molecule has 6 heterocycles. The third-order valence-electron chi connectivity index (χ3n) is 17.2. The van der Waals surface area contributed by atoms with Crippen molar-refractivity contribution in [3.63, 3.8) is 0 Å². The number of benzene rings is 4. The van der Waals surface area contributed by atoms with Crippen molar-refractivity contribution in [1.82, 2.24) is 39.3 Å². The number of carbonyl (C=O) groups is 3. The van der Waals surface area contributed by atoms with Gasteiger partial charge < -0.3 is 39.5 Å². The Balaban J connectivity index is 0.726. The number of nitrogens with zero attached hydrogens (tertiary/aromatic N) is 11. The first-order valence-corrected chi connectivity index (χ1v) is 30.3. The number of ether oxygens (including phenoxy) is 3. The molecule has 3 atom stereocenters. The quantitative estimate of drug-likeness (QED) is 0.0636. The van der Waals surface area contributed by atoms with E-state index in [0.29, 0.717) is 129 Å². The van der Waals surface area contributed by atoms with Crippen LogP contribution in [0.2, 0.25) is 10.0 Å². The molecule has 0 aliphatic carbocycles. The Hall–Kier alpha value is -7.47. The zero-order valence-corrected chi connectivity index (χ0v) is 51.6. The van der Waals surface area contributed by atoms with Crippen LogP contribution in [0.4, 0.5) is 26.6 Å². The SMILES string of the molecule is [C-]#[N+]c1nn(CCCC(=O)CCOCCOCCN2CCN(C(=O)N3C(c4ccc(C(C)(C)C)cc4OCC)=N[C@@](C)(c4ccc(Cl)cc4)[C@@]3(C)c3ccc(Cl)cc3)CC2)c2c1-c1cnc(N)c(n1)N1CCC[C@@H]1c1cc(F)cc(c1)C(=O)N(C)C2. The van der Waals surface area contributed by atoms with Gasteiger partial charge in [0.15, 0.2) is 11.6 Å². The Morgan fingerprint density at radius 2 is 1.57 bits per heavy atom. The number of nitrogen functional groups attached to an aromatic ring is 1. The molecule has 0 spiro atoms. The van der Waals surface area contributed by atoms with Crippen LogP contribution in [0.3, 0.4) is 0 Å². The number of anilines is 2. The summed E-state index contributed by atoms with van der Waals surface area (Å²) in [5.41, 5.74) is 10.0. The molecule has 4 aromatic carbocycles. The molecule has 0 saturated carbocycles. The predicted octanol–water partition coefficient (Wildman–Crippen LogP) is 11.6. The normalized spacial score (nSPS) is 19.8. The minimum atomic E-state index is -1.04. The highest BCUT2D eigenvalue weighted by Gasteiger charge is 2.60. The molecule has 21 heteroatoms. The fourth-order valence-electron chi connectivity index (χ4n) is 12.3. The lowest BCUT2D eigenvalue weighted by Crippen LogP contribution is -2.60. The number of aliphatic imine (C=N–C) groups is 1. The number of amides is 3. The van der Waals surface area contributed by atoms with Gasteiger partial charge in [-0.3, -0.25) is 24.4 Å². The molecule has 2 aromatic heterocycles. The van der Waals surface area contributed by atoms with E-state index >= 15 is 9.18 Å². The number of aryl methyl sites for hydroxylation is 1. The number of halogens is 3. The lowest BCUT2D eigenvalue weighted by Gasteiger charge is -2.47. The third kappa shape index (κ3) is 12.5. The summed E-state index contributed by atoms with van der Waals surface area (Å²) in [5, 5.41) is 5.83. The number of piperazine rings is 1. The fraction of sp³-hybridized carbons (Fsp3) is 0.446. The molecule has 0 radical (unpaired) electrons. The zero-order chi connectivity index (χ0) is 61.1. The highest BCUT2D eigenvalue weighted by atomic mass is 35.5. The van der Waals surface area contributed by atoms with E-state index < -0.39 is 22.8 Å². The zero-order valence-electron chi connectivity index (χ0n) is 50.0. The van der Waals surface area contributed by atoms with Gasteiger partial charge in [0, 0.05) is 74.8 Å². The summed E-state index contributed by atoms with van der Waals surface area (Å²) < 4.78 is 35.0. The maximum absolute atomic E-state index is 15.5. The van der Waals surface area contributed by atoms with Gasteiger partial charge in [0.25, 0.3) is 5.91 Å². The standard InChI is InChI=1S/C65H75Cl2FN12O6/c1-9-86-55-39-46(63(2,3)4)18-23-51(55)59-73-64(5,44-14-19-47(66)20-15-44)65(6,45-16-21-48(67)22-17-45)80(59)62(83)77-29-27-76(28-30-77)31-33-85-35-34-84-32-24-50(81)12-10-26-79-54-41-75(8)61(82)43-36-42(37-49(68)38-43)53-13-11-25-78(53)60-57(69)71-40-52(72-60)56(54)58(70-7)74-79/h14-23,36-40,53H,9-13,24-35,41H2,1-6,8H3,(H2,69,71)/t53-,64+,65-/m1/s1. The van der Waals surface area contributed by atoms with Crippen molar-refractivity contribution in [1.29, 1.82) is 0 Å². The van der Waals surface area contributed by atoms with E-state index in [-0.39, 0.29) is 73.0 Å². The first-order chi connectivity index (χ1) is 41.2. The molecule has 4 aliphatic heterocycles. The summed E-state index contributed by atoms with van der Waals surface area (Å²) in [4.78, 5) is 71.0. The van der Waals surface area contributed by atoms with E-state index in [1.54, 1.807) is 17.8 Å². The van der Waals surface area contributed by atoms with Gasteiger partial charge in [0.05, 0.1) is 80.9 Å². The van der Waals surface area contributed by atoms with Crippen LogP contribution in [-0.2, 0) is 43.9 Å². The van der Waals surface area contributed by atoms with Gasteiger partial charge in [-0.2, -0.15) is 4.68 Å². The van der Waals surface area contributed by atoms with Crippen LogP contribution in [0.1, 0.15) is 124 Å². The largest absolute Gasteiger partial charge is 0.493 e. The van der Waals surface area contributed by atoms with Gasteiger partial charge in [0.1, 0.15) is 34.3 Å². The van der Waals surface area contributed by atoms with Gasteiger partial charge in [-0.25, -0.2) is 19.2 Å². The summed E-state index contributed by atoms with van der Waals surface area (Å²) >= 11 is 13.0. The molecule has 0 unspecified atom stereocenters. The number of carbonyl (C=O) groups excluding carboxylic acids is 3. The minimum absolute atomic E-state index is 0.00751. The Bertz CT molecular complexity index is 3560. The number of ketones is 1. The Morgan fingerprint density at radius 1 is 0.872 bits per heavy atom. The van der Waals surface area contributed by atoms with E-state index in [4.69, 9.17) is 59.7 Å². The highest BCUT2D eigenvalue weighted by Crippen LogP contribution is 2.54. The molecule has 6 aromatic rings. The first kappa shape index (κ1) is 61.6. The highest BCUT2D eigenvalue weighted by molar-refractivity contribution is 6.30. The molecule has 3 amide bonds. The molecule has 4 bridgehead atoms. The summed E-state index contributed by atoms with van der Waals surface area (Å²) in [6.45, 7) is 26.3. The smallest absolute Gasteiger partial charge is 0.326 e. The van der Waals surface area contributed by atoms with Crippen LogP contribution >= 0.6 is 23.2 Å². The van der Waals surface area contributed by atoms with Crippen molar-refractivity contribution in [3.8, 4) is 17.0 Å². The van der Waals surface area contributed by atoms with E-state index in [1.807, 2.05) is 76.2 Å². The first-order valence-electron chi connectivity index (χ1n) is 29.5. The second kappa shape index (κ2) is 25.9. The van der Waals surface area contributed by atoms with Crippen LogP contribution < -0.4 is 15.4 Å². The maximum Gasteiger partial charge on any atom is 0.326 e. The number of nitrogens with two attached hydrogens (primary N) is 1. The number of hydrogen-bond donors (Lipinski definition) is 1. The number of rotatable bonds is 18. The predicted molar refractivity (Wildman–Crippen MR) is 332 cm³/mol. The fourth-order valence-corrected chi connectivity index (χ4v) is 12.5. The third-order valence-corrected chi connectivity index (χ3v) is 17.7. The maximum atomic E-state index is 15.5. The number of hydrogen-bond acceptors (Lipinski definition) is 13. The van der Waals surface area contributed by atoms with Crippen molar-refractivity contribution in [2.24, 2.45) is 4.99 Å². The summed E-state index contributed by atoms with van der Waals surface area (Å²) in [6, 6.07) is 25.5. The molecule has 86 heavy (non-hydrogen) atoms. The van der Waals surface area contributed by atoms with Crippen molar-refractivity contribution in [2.45, 2.75) is 109 Å². The topological polar surface area (TPSA) is 181 Å². The average Bonchev–Trinajstić information content (AvgIpc) is 1.59. The molecule has 452 valence electrons. The van der Waals surface area contributed by atoms with Crippen molar-refractivity contribution < 1.29 is 33.0 Å². The van der Waals surface area contributed by atoms with E-state index in [2.05, 4.69) is 66.6 Å². The van der Waals surface area contributed by atoms with Crippen molar-refractivity contribution >= 4 is 64.2 Å². The van der Waals surface area contributed by atoms with Gasteiger partial charge in [0.2, 0.25) is 0 Å². The number of Topliss-reactive ketones (excluding diaryl/α,β-unsaturated/α-hetero) is 1. The molecular formula is C65H75Cl2FN12O6. The van der Waals surface area contributed by atoms with Crippen LogP contribution in [0, 0.1) is 12.4 Å². The van der Waals surface area contributed by atoms with Gasteiger partial charge in [-0.05, 0) is 127 Å². The van der Waals surface area contributed by atoms with E-state index in [1.165, 1.54) is 23.2 Å². The number of urea groups is 1. The number of amidine groups is 1. The molecule has 4 aliphatic rings. The molecule has 18 nitrogen and oxygen atoms in total. The number of aromatic nitrogens is 4. The van der Waals surface area contributed by atoms with Crippen molar-refractivity contribution in [3.05, 3.63) is 157 Å². The second-order valence-electron chi connectivity index (χ2n) is 23.8. The van der Waals surface area contributed by atoms with Gasteiger partial charge in [-0.15, -0.1) is 0 Å². The van der Waals surface area contributed by atoms with Crippen LogP contribution in [0.15, 0.2) is 96.1 Å².